The SMILES string of the molecule is Cc1nn(C)c(Oc2ccc(OC(F)(F)F)cc2)c1N. The lowest BCUT2D eigenvalue weighted by molar-refractivity contribution is -0.274. The molecule has 2 N–H and O–H groups in total. The zero-order valence-electron chi connectivity index (χ0n) is 10.7. The van der Waals surface area contributed by atoms with Crippen molar-refractivity contribution in [3.05, 3.63) is 30.0 Å². The van der Waals surface area contributed by atoms with Crippen LogP contribution >= 0.6 is 0 Å². The minimum absolute atomic E-state index is 0.320. The smallest absolute Gasteiger partial charge is 0.437 e. The summed E-state index contributed by atoms with van der Waals surface area (Å²) in [4.78, 5) is 0. The van der Waals surface area contributed by atoms with Gasteiger partial charge in [0, 0.05) is 7.05 Å². The Labute approximate surface area is 112 Å². The Balaban J connectivity index is 2.15. The molecule has 0 atom stereocenters. The van der Waals surface area contributed by atoms with Crippen molar-refractivity contribution in [3.63, 3.8) is 0 Å². The highest BCUT2D eigenvalue weighted by atomic mass is 19.4. The monoisotopic (exact) mass is 287 g/mol. The lowest BCUT2D eigenvalue weighted by Gasteiger charge is -2.10. The fraction of sp³-hybridized carbons (Fsp3) is 0.250. The summed E-state index contributed by atoms with van der Waals surface area (Å²) in [5.74, 6) is 0.334. The van der Waals surface area contributed by atoms with E-state index in [0.29, 0.717) is 23.0 Å². The van der Waals surface area contributed by atoms with E-state index in [4.69, 9.17) is 10.5 Å². The molecule has 0 saturated carbocycles. The average Bonchev–Trinajstić information content (AvgIpc) is 2.56. The van der Waals surface area contributed by atoms with E-state index < -0.39 is 6.36 Å². The van der Waals surface area contributed by atoms with Gasteiger partial charge in [-0.25, -0.2) is 4.68 Å². The van der Waals surface area contributed by atoms with Gasteiger partial charge in [-0.2, -0.15) is 5.10 Å². The topological polar surface area (TPSA) is 62.3 Å². The third-order valence-electron chi connectivity index (χ3n) is 2.49. The second-order valence-electron chi connectivity index (χ2n) is 4.05. The first-order chi connectivity index (χ1) is 9.26. The number of nitrogen functional groups attached to an aromatic ring is 1. The van der Waals surface area contributed by atoms with Gasteiger partial charge in [0.15, 0.2) is 0 Å². The fourth-order valence-electron chi connectivity index (χ4n) is 1.60. The molecule has 2 rings (SSSR count). The molecule has 0 amide bonds. The van der Waals surface area contributed by atoms with Crippen molar-refractivity contribution in [1.82, 2.24) is 9.78 Å². The van der Waals surface area contributed by atoms with Gasteiger partial charge < -0.3 is 15.2 Å². The van der Waals surface area contributed by atoms with Crippen molar-refractivity contribution in [2.45, 2.75) is 13.3 Å². The number of nitrogens with zero attached hydrogens (tertiary/aromatic N) is 2. The largest absolute Gasteiger partial charge is 0.573 e. The lowest BCUT2D eigenvalue weighted by Crippen LogP contribution is -2.16. The zero-order chi connectivity index (χ0) is 14.9. The summed E-state index contributed by atoms with van der Waals surface area (Å²) >= 11 is 0. The second kappa shape index (κ2) is 4.95. The number of halogens is 3. The molecule has 0 aliphatic heterocycles. The Morgan fingerprint density at radius 2 is 1.70 bits per heavy atom. The molecule has 0 saturated heterocycles. The van der Waals surface area contributed by atoms with Gasteiger partial charge in [-0.1, -0.05) is 0 Å². The number of alkyl halides is 3. The summed E-state index contributed by atoms with van der Waals surface area (Å²) in [7, 11) is 1.65. The molecule has 5 nitrogen and oxygen atoms in total. The number of aryl methyl sites for hydroxylation is 2. The molecule has 0 bridgehead atoms. The van der Waals surface area contributed by atoms with E-state index in [1.165, 1.54) is 16.8 Å². The third kappa shape index (κ3) is 3.14. The Morgan fingerprint density at radius 1 is 1.15 bits per heavy atom. The first kappa shape index (κ1) is 14.0. The number of benzene rings is 1. The standard InChI is InChI=1S/C12H12F3N3O2/c1-7-10(16)11(18(2)17-7)19-8-3-5-9(6-4-8)20-12(13,14)15/h3-6H,16H2,1-2H3. The van der Waals surface area contributed by atoms with E-state index in [1.807, 2.05) is 0 Å². The van der Waals surface area contributed by atoms with Gasteiger partial charge in [-0.3, -0.25) is 0 Å². The number of rotatable bonds is 3. The first-order valence-corrected chi connectivity index (χ1v) is 5.59. The highest BCUT2D eigenvalue weighted by Gasteiger charge is 2.31. The van der Waals surface area contributed by atoms with Gasteiger partial charge in [0.05, 0.1) is 5.69 Å². The molecule has 0 aliphatic carbocycles. The number of anilines is 1. The molecule has 8 heteroatoms. The van der Waals surface area contributed by atoms with Crippen molar-refractivity contribution in [3.8, 4) is 17.4 Å². The molecule has 0 aliphatic rings. The van der Waals surface area contributed by atoms with Gasteiger partial charge in [0.25, 0.3) is 0 Å². The molecule has 108 valence electrons. The van der Waals surface area contributed by atoms with Crippen LogP contribution in [-0.4, -0.2) is 16.1 Å². The first-order valence-electron chi connectivity index (χ1n) is 5.59. The predicted octanol–water partition coefficient (Wildman–Crippen LogP) is 3.00. The van der Waals surface area contributed by atoms with Crippen molar-refractivity contribution >= 4 is 5.69 Å². The Kier molecular flexibility index (Phi) is 3.47. The zero-order valence-corrected chi connectivity index (χ0v) is 10.7. The summed E-state index contributed by atoms with van der Waals surface area (Å²) in [6.45, 7) is 1.72. The van der Waals surface area contributed by atoms with Crippen LogP contribution < -0.4 is 15.2 Å². The highest BCUT2D eigenvalue weighted by Crippen LogP contribution is 2.31. The lowest BCUT2D eigenvalue weighted by atomic mass is 10.3. The molecule has 0 unspecified atom stereocenters. The molecule has 1 aromatic heterocycles. The summed E-state index contributed by atoms with van der Waals surface area (Å²) < 4.78 is 46.7. The van der Waals surface area contributed by atoms with E-state index in [2.05, 4.69) is 9.84 Å². The molecular weight excluding hydrogens is 275 g/mol. The summed E-state index contributed by atoms with van der Waals surface area (Å²) in [5, 5.41) is 4.07. The van der Waals surface area contributed by atoms with Gasteiger partial charge in [0.2, 0.25) is 5.88 Å². The maximum Gasteiger partial charge on any atom is 0.573 e. The van der Waals surface area contributed by atoms with Gasteiger partial charge in [-0.15, -0.1) is 13.2 Å². The molecule has 1 aromatic carbocycles. The van der Waals surface area contributed by atoms with E-state index >= 15 is 0 Å². The number of ether oxygens (including phenoxy) is 2. The van der Waals surface area contributed by atoms with Crippen molar-refractivity contribution in [1.29, 1.82) is 0 Å². The quantitative estimate of drug-likeness (QED) is 0.942. The summed E-state index contributed by atoms with van der Waals surface area (Å²) in [5.41, 5.74) is 6.77. The van der Waals surface area contributed by atoms with Gasteiger partial charge in [-0.05, 0) is 31.2 Å². The number of aromatic nitrogens is 2. The highest BCUT2D eigenvalue weighted by molar-refractivity contribution is 5.53. The average molecular weight is 287 g/mol. The van der Waals surface area contributed by atoms with Crippen LogP contribution in [0.2, 0.25) is 0 Å². The van der Waals surface area contributed by atoms with E-state index in [9.17, 15) is 13.2 Å². The van der Waals surface area contributed by atoms with Crippen LogP contribution in [-0.2, 0) is 7.05 Å². The van der Waals surface area contributed by atoms with Crippen molar-refractivity contribution < 1.29 is 22.6 Å². The Morgan fingerprint density at radius 3 is 2.15 bits per heavy atom. The van der Waals surface area contributed by atoms with Crippen LogP contribution in [0.25, 0.3) is 0 Å². The Bertz CT molecular complexity index is 606. The summed E-state index contributed by atoms with van der Waals surface area (Å²) in [6, 6.07) is 5.01. The van der Waals surface area contributed by atoms with Crippen LogP contribution in [0.5, 0.6) is 17.4 Å². The number of hydrogen-bond acceptors (Lipinski definition) is 4. The van der Waals surface area contributed by atoms with Gasteiger partial charge >= 0.3 is 6.36 Å². The minimum atomic E-state index is -4.72. The number of nitrogens with two attached hydrogens (primary N) is 1. The van der Waals surface area contributed by atoms with Crippen molar-refractivity contribution in [2.24, 2.45) is 7.05 Å². The normalized spacial score (nSPS) is 11.4. The molecule has 2 aromatic rings. The Hall–Kier alpha value is -2.38. The second-order valence-corrected chi connectivity index (χ2v) is 4.05. The van der Waals surface area contributed by atoms with Crippen LogP contribution in [0.3, 0.4) is 0 Å². The van der Waals surface area contributed by atoms with E-state index in [1.54, 1.807) is 14.0 Å². The molecule has 0 spiro atoms. The van der Waals surface area contributed by atoms with E-state index in [0.717, 1.165) is 12.1 Å². The van der Waals surface area contributed by atoms with Gasteiger partial charge in [0.1, 0.15) is 17.2 Å². The maximum absolute atomic E-state index is 12.0. The summed E-state index contributed by atoms with van der Waals surface area (Å²) in [6.07, 6.45) is -4.72. The fourth-order valence-corrected chi connectivity index (χ4v) is 1.60. The van der Waals surface area contributed by atoms with Crippen LogP contribution in [0, 0.1) is 6.92 Å². The number of hydrogen-bond donors (Lipinski definition) is 1. The van der Waals surface area contributed by atoms with Crippen LogP contribution in [0.1, 0.15) is 5.69 Å². The third-order valence-corrected chi connectivity index (χ3v) is 2.49. The predicted molar refractivity (Wildman–Crippen MR) is 65.6 cm³/mol. The minimum Gasteiger partial charge on any atom is -0.437 e. The van der Waals surface area contributed by atoms with Crippen molar-refractivity contribution in [2.75, 3.05) is 5.73 Å². The molecule has 0 fully saturated rings. The molecule has 1 heterocycles. The van der Waals surface area contributed by atoms with Crippen LogP contribution in [0.4, 0.5) is 18.9 Å². The maximum atomic E-state index is 12.0. The molecule has 0 radical (unpaired) electrons. The van der Waals surface area contributed by atoms with Crippen LogP contribution in [0.15, 0.2) is 24.3 Å². The molecule has 20 heavy (non-hydrogen) atoms. The van der Waals surface area contributed by atoms with E-state index in [-0.39, 0.29) is 5.75 Å². The molecular formula is C12H12F3N3O2.